The number of nitrogens with one attached hydrogen (secondary N) is 1. The number of hydrogen-bond donors (Lipinski definition) is 1. The Hall–Kier alpha value is -1.15. The maximum absolute atomic E-state index is 16.4. The lowest BCUT2D eigenvalue weighted by molar-refractivity contribution is -0.294. The van der Waals surface area contributed by atoms with E-state index in [0.717, 1.165) is 17.4 Å². The van der Waals surface area contributed by atoms with Gasteiger partial charge in [-0.25, -0.2) is 13.8 Å². The average molecular weight is 533 g/mol. The quantitative estimate of drug-likeness (QED) is 0.486. The first-order chi connectivity index (χ1) is 15.7. The summed E-state index contributed by atoms with van der Waals surface area (Å²) in [6.07, 6.45) is 0.576. The Morgan fingerprint density at radius 2 is 1.63 bits per heavy atom. The zero-order valence-corrected chi connectivity index (χ0v) is 24.8. The van der Waals surface area contributed by atoms with Crippen molar-refractivity contribution in [3.63, 3.8) is 0 Å². The molecule has 0 aromatic carbocycles. The van der Waals surface area contributed by atoms with E-state index < -0.39 is 51.4 Å². The van der Waals surface area contributed by atoms with Gasteiger partial charge in [0, 0.05) is 6.42 Å². The zero-order chi connectivity index (χ0) is 26.8. The van der Waals surface area contributed by atoms with Crippen LogP contribution in [0.5, 0.6) is 0 Å². The van der Waals surface area contributed by atoms with E-state index in [1.54, 1.807) is 0 Å². The van der Waals surface area contributed by atoms with E-state index in [4.69, 9.17) is 13.6 Å². The maximum atomic E-state index is 16.4. The molecule has 3 atom stereocenters. The smallest absolute Gasteiger partial charge is 0.332 e. The Balaban J connectivity index is 2.14. The van der Waals surface area contributed by atoms with Crippen molar-refractivity contribution in [2.45, 2.75) is 115 Å². The molecule has 0 unspecified atom stereocenters. The van der Waals surface area contributed by atoms with Crippen molar-refractivity contribution >= 4 is 16.6 Å². The summed E-state index contributed by atoms with van der Waals surface area (Å²) in [6.45, 7) is 20.6. The van der Waals surface area contributed by atoms with E-state index in [2.05, 4.69) is 33.9 Å². The summed E-state index contributed by atoms with van der Waals surface area (Å²) in [5.74, 6) is -3.37. The predicted octanol–water partition coefficient (Wildman–Crippen LogP) is 5.24. The number of alkyl halides is 1. The van der Waals surface area contributed by atoms with Crippen LogP contribution in [0.25, 0.3) is 0 Å². The van der Waals surface area contributed by atoms with Crippen LogP contribution < -0.4 is 11.2 Å². The summed E-state index contributed by atoms with van der Waals surface area (Å²) in [6, 6.07) is 0. The molecule has 0 spiro atoms. The standard InChI is InChI=1S/C24H42F2N2O5Si2/c1-21(2,3)34(7,8)31-15-23(16-11-12-16)13-18(26)24(32-23,33-35(9,10)22(4,5)6)28-14-17(25)19(29)27-20(28)30/h14,16,18H,11-13,15H2,1-10H3,(H,27,29,30)/t18-,23+,24-/m1/s1. The summed E-state index contributed by atoms with van der Waals surface area (Å²) < 4.78 is 51.2. The number of halogens is 2. The summed E-state index contributed by atoms with van der Waals surface area (Å²) >= 11 is 0. The summed E-state index contributed by atoms with van der Waals surface area (Å²) in [5, 5.41) is -0.408. The topological polar surface area (TPSA) is 82.5 Å². The Bertz CT molecular complexity index is 1070. The lowest BCUT2D eigenvalue weighted by Gasteiger charge is -2.46. The van der Waals surface area contributed by atoms with Gasteiger partial charge in [-0.15, -0.1) is 0 Å². The van der Waals surface area contributed by atoms with Crippen LogP contribution in [0.4, 0.5) is 8.78 Å². The number of aromatic nitrogens is 2. The van der Waals surface area contributed by atoms with E-state index in [1.165, 1.54) is 0 Å². The van der Waals surface area contributed by atoms with E-state index in [1.807, 2.05) is 38.8 Å². The fourth-order valence-corrected chi connectivity index (χ4v) is 6.29. The van der Waals surface area contributed by atoms with Gasteiger partial charge in [-0.05, 0) is 55.0 Å². The van der Waals surface area contributed by atoms with E-state index >= 15 is 4.39 Å². The molecule has 200 valence electrons. The molecule has 2 fully saturated rings. The van der Waals surface area contributed by atoms with E-state index in [0.29, 0.717) is 6.20 Å². The molecule has 1 aliphatic heterocycles. The van der Waals surface area contributed by atoms with Crippen LogP contribution in [0.2, 0.25) is 36.3 Å². The second kappa shape index (κ2) is 8.71. The summed E-state index contributed by atoms with van der Waals surface area (Å²) in [7, 11) is -4.96. The highest BCUT2D eigenvalue weighted by Gasteiger charge is 2.66. The van der Waals surface area contributed by atoms with Gasteiger partial charge in [-0.2, -0.15) is 4.39 Å². The molecule has 2 heterocycles. The van der Waals surface area contributed by atoms with Gasteiger partial charge in [0.25, 0.3) is 11.5 Å². The Labute approximate surface area is 208 Å². The van der Waals surface area contributed by atoms with Crippen LogP contribution in [0, 0.1) is 11.7 Å². The molecular formula is C24H42F2N2O5Si2. The number of aromatic amines is 1. The van der Waals surface area contributed by atoms with Gasteiger partial charge in [0.05, 0.1) is 12.8 Å². The molecule has 1 saturated heterocycles. The van der Waals surface area contributed by atoms with Crippen LogP contribution >= 0.6 is 0 Å². The lowest BCUT2D eigenvalue weighted by Crippen LogP contribution is -2.59. The average Bonchev–Trinajstić information content (AvgIpc) is 3.48. The zero-order valence-electron chi connectivity index (χ0n) is 22.8. The van der Waals surface area contributed by atoms with Gasteiger partial charge >= 0.3 is 5.69 Å². The molecule has 2 aliphatic rings. The molecule has 1 aromatic heterocycles. The van der Waals surface area contributed by atoms with Crippen molar-refractivity contribution in [2.24, 2.45) is 5.92 Å². The van der Waals surface area contributed by atoms with Crippen LogP contribution in [0.1, 0.15) is 60.8 Å². The van der Waals surface area contributed by atoms with Gasteiger partial charge in [0.2, 0.25) is 5.82 Å². The van der Waals surface area contributed by atoms with Crippen molar-refractivity contribution in [3.05, 3.63) is 32.9 Å². The predicted molar refractivity (Wildman–Crippen MR) is 137 cm³/mol. The Kier molecular flexibility index (Phi) is 7.08. The molecule has 1 aromatic rings. The monoisotopic (exact) mass is 532 g/mol. The van der Waals surface area contributed by atoms with Crippen molar-refractivity contribution in [3.8, 4) is 0 Å². The molecule has 7 nitrogen and oxygen atoms in total. The molecule has 1 aliphatic carbocycles. The molecule has 0 radical (unpaired) electrons. The highest BCUT2D eigenvalue weighted by Crippen LogP contribution is 2.56. The van der Waals surface area contributed by atoms with Gasteiger partial charge in [0.15, 0.2) is 22.8 Å². The number of nitrogens with zero attached hydrogens (tertiary/aromatic N) is 1. The molecule has 1 saturated carbocycles. The fraction of sp³-hybridized carbons (Fsp3) is 0.833. The van der Waals surface area contributed by atoms with Crippen LogP contribution in [-0.2, 0) is 19.5 Å². The first-order valence-corrected chi connectivity index (χ1v) is 18.2. The SMILES string of the molecule is CC(C)(C)[Si](C)(C)OC[C@]1(C2CC2)C[C@@H](F)[C@@](O[Si](C)(C)C(C)(C)C)(n2cc(F)c(=O)[nH]c2=O)O1. The highest BCUT2D eigenvalue weighted by atomic mass is 28.4. The van der Waals surface area contributed by atoms with Crippen molar-refractivity contribution < 1.29 is 22.4 Å². The maximum Gasteiger partial charge on any atom is 0.332 e. The number of rotatable bonds is 7. The molecule has 3 rings (SSSR count). The van der Waals surface area contributed by atoms with Crippen molar-refractivity contribution in [2.75, 3.05) is 6.61 Å². The normalized spacial score (nSPS) is 28.5. The first kappa shape index (κ1) is 28.4. The minimum atomic E-state index is -2.76. The lowest BCUT2D eigenvalue weighted by atomic mass is 9.94. The third kappa shape index (κ3) is 5.16. The molecule has 35 heavy (non-hydrogen) atoms. The third-order valence-corrected chi connectivity index (χ3v) is 17.4. The largest absolute Gasteiger partial charge is 0.414 e. The van der Waals surface area contributed by atoms with Crippen LogP contribution in [0.3, 0.4) is 0 Å². The van der Waals surface area contributed by atoms with Gasteiger partial charge in [-0.3, -0.25) is 9.78 Å². The van der Waals surface area contributed by atoms with Gasteiger partial charge in [0.1, 0.15) is 5.60 Å². The molecule has 0 bridgehead atoms. The van der Waals surface area contributed by atoms with Gasteiger partial charge < -0.3 is 13.6 Å². The first-order valence-electron chi connectivity index (χ1n) is 12.4. The van der Waals surface area contributed by atoms with Gasteiger partial charge in [-0.1, -0.05) is 41.5 Å². The van der Waals surface area contributed by atoms with Crippen LogP contribution in [-0.4, -0.2) is 44.6 Å². The van der Waals surface area contributed by atoms with Crippen LogP contribution in [0.15, 0.2) is 15.8 Å². The highest BCUT2D eigenvalue weighted by molar-refractivity contribution is 6.74. The van der Waals surface area contributed by atoms with E-state index in [-0.39, 0.29) is 29.0 Å². The Morgan fingerprint density at radius 3 is 2.11 bits per heavy atom. The molecular weight excluding hydrogens is 490 g/mol. The number of hydrogen-bond acceptors (Lipinski definition) is 5. The Morgan fingerprint density at radius 1 is 1.09 bits per heavy atom. The third-order valence-electron chi connectivity index (χ3n) is 8.52. The van der Waals surface area contributed by atoms with E-state index in [9.17, 15) is 14.0 Å². The second-order valence-electron chi connectivity index (χ2n) is 13.3. The molecule has 11 heteroatoms. The van der Waals surface area contributed by atoms with Crippen molar-refractivity contribution in [1.29, 1.82) is 0 Å². The minimum absolute atomic E-state index is 0.0405. The molecule has 1 N–H and O–H groups in total. The minimum Gasteiger partial charge on any atom is -0.414 e. The molecule has 0 amide bonds. The van der Waals surface area contributed by atoms with Crippen molar-refractivity contribution in [1.82, 2.24) is 9.55 Å². The fourth-order valence-electron chi connectivity index (χ4n) is 3.95. The number of ether oxygens (including phenoxy) is 1. The summed E-state index contributed by atoms with van der Waals surface area (Å²) in [5.41, 5.74) is -3.17. The summed E-state index contributed by atoms with van der Waals surface area (Å²) in [4.78, 5) is 26.6. The number of H-pyrrole nitrogens is 1. The second-order valence-corrected chi connectivity index (χ2v) is 22.8.